The molecule has 0 aliphatic heterocycles. The minimum Gasteiger partial charge on any atom is -0.371 e. The summed E-state index contributed by atoms with van der Waals surface area (Å²) < 4.78 is 5.28. The van der Waals surface area contributed by atoms with E-state index in [9.17, 15) is 4.79 Å². The molecule has 1 aromatic rings. The molecule has 0 fully saturated rings. The lowest BCUT2D eigenvalue weighted by molar-refractivity contribution is 0.0520. The summed E-state index contributed by atoms with van der Waals surface area (Å²) in [7, 11) is 0. The summed E-state index contributed by atoms with van der Waals surface area (Å²) in [5.74, 6) is 0.0622. The van der Waals surface area contributed by atoms with Crippen LogP contribution in [0.3, 0.4) is 0 Å². The first-order valence-corrected chi connectivity index (χ1v) is 5.43. The molecule has 0 heterocycles. The second-order valence-corrected chi connectivity index (χ2v) is 3.52. The van der Waals surface area contributed by atoms with Gasteiger partial charge in [0.05, 0.1) is 0 Å². The van der Waals surface area contributed by atoms with Gasteiger partial charge in [0, 0.05) is 12.2 Å². The Morgan fingerprint density at radius 1 is 1.40 bits per heavy atom. The van der Waals surface area contributed by atoms with Crippen molar-refractivity contribution in [1.82, 2.24) is 0 Å². The minimum atomic E-state index is -0.345. The van der Waals surface area contributed by atoms with Crippen molar-refractivity contribution in [1.29, 1.82) is 0 Å². The van der Waals surface area contributed by atoms with Gasteiger partial charge in [-0.3, -0.25) is 4.79 Å². The molecule has 0 saturated carbocycles. The molecule has 0 aliphatic carbocycles. The standard InChI is InChI=1S/C13H18O2/c1-4-11-7-6-8-12(9-11)13(14)10(3)15-5-2/h6-10H,4-5H2,1-3H3. The van der Waals surface area contributed by atoms with Crippen molar-refractivity contribution < 1.29 is 9.53 Å². The molecule has 0 saturated heterocycles. The zero-order chi connectivity index (χ0) is 11.3. The van der Waals surface area contributed by atoms with Crippen LogP contribution in [0.4, 0.5) is 0 Å². The zero-order valence-corrected chi connectivity index (χ0v) is 9.62. The molecule has 0 amide bonds. The molecule has 1 aromatic carbocycles. The minimum absolute atomic E-state index is 0.0622. The second-order valence-electron chi connectivity index (χ2n) is 3.52. The summed E-state index contributed by atoms with van der Waals surface area (Å²) in [5.41, 5.74) is 1.93. The molecule has 0 aliphatic rings. The van der Waals surface area contributed by atoms with Crippen molar-refractivity contribution in [3.8, 4) is 0 Å². The van der Waals surface area contributed by atoms with E-state index in [-0.39, 0.29) is 11.9 Å². The lowest BCUT2D eigenvalue weighted by Crippen LogP contribution is -2.20. The molecule has 1 rings (SSSR count). The molecule has 82 valence electrons. The number of ether oxygens (including phenoxy) is 1. The van der Waals surface area contributed by atoms with Crippen LogP contribution >= 0.6 is 0 Å². The summed E-state index contributed by atoms with van der Waals surface area (Å²) >= 11 is 0. The summed E-state index contributed by atoms with van der Waals surface area (Å²) in [6.07, 6.45) is 0.603. The normalized spacial score (nSPS) is 12.5. The second kappa shape index (κ2) is 5.66. The average molecular weight is 206 g/mol. The van der Waals surface area contributed by atoms with Crippen LogP contribution in [0.25, 0.3) is 0 Å². The molecule has 0 aromatic heterocycles. The van der Waals surface area contributed by atoms with Gasteiger partial charge in [0.15, 0.2) is 5.78 Å². The Hall–Kier alpha value is -1.15. The van der Waals surface area contributed by atoms with E-state index in [0.717, 1.165) is 12.0 Å². The Balaban J connectivity index is 2.81. The van der Waals surface area contributed by atoms with Crippen molar-refractivity contribution in [2.75, 3.05) is 6.61 Å². The van der Waals surface area contributed by atoms with E-state index in [1.54, 1.807) is 6.92 Å². The van der Waals surface area contributed by atoms with Gasteiger partial charge in [-0.2, -0.15) is 0 Å². The van der Waals surface area contributed by atoms with Crippen LogP contribution in [0.5, 0.6) is 0 Å². The zero-order valence-electron chi connectivity index (χ0n) is 9.62. The third kappa shape index (κ3) is 3.17. The van der Waals surface area contributed by atoms with Gasteiger partial charge < -0.3 is 4.74 Å². The lowest BCUT2D eigenvalue weighted by atomic mass is 10.0. The van der Waals surface area contributed by atoms with Gasteiger partial charge in [-0.15, -0.1) is 0 Å². The molecule has 1 unspecified atom stereocenters. The summed E-state index contributed by atoms with van der Waals surface area (Å²) in [5, 5.41) is 0. The maximum Gasteiger partial charge on any atom is 0.191 e. The van der Waals surface area contributed by atoms with Crippen molar-refractivity contribution in [2.24, 2.45) is 0 Å². The number of ketones is 1. The maximum absolute atomic E-state index is 11.9. The highest BCUT2D eigenvalue weighted by Gasteiger charge is 2.14. The van der Waals surface area contributed by atoms with E-state index < -0.39 is 0 Å². The van der Waals surface area contributed by atoms with Crippen LogP contribution in [0.2, 0.25) is 0 Å². The van der Waals surface area contributed by atoms with Gasteiger partial charge >= 0.3 is 0 Å². The fourth-order valence-corrected chi connectivity index (χ4v) is 1.50. The van der Waals surface area contributed by atoms with Crippen LogP contribution < -0.4 is 0 Å². The Kier molecular flexibility index (Phi) is 4.50. The first kappa shape index (κ1) is 11.9. The van der Waals surface area contributed by atoms with E-state index in [1.165, 1.54) is 5.56 Å². The highest BCUT2D eigenvalue weighted by atomic mass is 16.5. The molecular weight excluding hydrogens is 188 g/mol. The number of hydrogen-bond acceptors (Lipinski definition) is 2. The Bertz CT molecular complexity index is 331. The fraction of sp³-hybridized carbons (Fsp3) is 0.462. The van der Waals surface area contributed by atoms with Crippen LogP contribution in [0.1, 0.15) is 36.7 Å². The fourth-order valence-electron chi connectivity index (χ4n) is 1.50. The number of hydrogen-bond donors (Lipinski definition) is 0. The quantitative estimate of drug-likeness (QED) is 0.692. The van der Waals surface area contributed by atoms with Crippen molar-refractivity contribution in [3.05, 3.63) is 35.4 Å². The molecule has 0 bridgehead atoms. The summed E-state index contributed by atoms with van der Waals surface area (Å²) in [6.45, 7) is 6.34. The van der Waals surface area contributed by atoms with Gasteiger partial charge in [0.2, 0.25) is 0 Å². The number of carbonyl (C=O) groups is 1. The number of carbonyl (C=O) groups excluding carboxylic acids is 1. The molecular formula is C13H18O2. The van der Waals surface area contributed by atoms with Crippen molar-refractivity contribution in [3.63, 3.8) is 0 Å². The van der Waals surface area contributed by atoms with Gasteiger partial charge in [0.1, 0.15) is 6.10 Å². The molecule has 0 radical (unpaired) electrons. The van der Waals surface area contributed by atoms with Crippen LogP contribution in [0.15, 0.2) is 24.3 Å². The average Bonchev–Trinajstić information content (AvgIpc) is 2.28. The van der Waals surface area contributed by atoms with Crippen molar-refractivity contribution >= 4 is 5.78 Å². The summed E-state index contributed by atoms with van der Waals surface area (Å²) in [6, 6.07) is 7.74. The molecule has 2 nitrogen and oxygen atoms in total. The number of Topliss-reactive ketones (excluding diaryl/α,β-unsaturated/α-hetero) is 1. The number of rotatable bonds is 5. The predicted octanol–water partition coefficient (Wildman–Crippen LogP) is 2.86. The SMILES string of the molecule is CCOC(C)C(=O)c1cccc(CC)c1. The first-order chi connectivity index (χ1) is 7.19. The van der Waals surface area contributed by atoms with E-state index in [4.69, 9.17) is 4.74 Å². The van der Waals surface area contributed by atoms with Gasteiger partial charge in [-0.1, -0.05) is 25.1 Å². The predicted molar refractivity (Wildman–Crippen MR) is 61.2 cm³/mol. The maximum atomic E-state index is 11.9. The van der Waals surface area contributed by atoms with E-state index in [1.807, 2.05) is 31.2 Å². The third-order valence-corrected chi connectivity index (χ3v) is 2.41. The van der Waals surface area contributed by atoms with Gasteiger partial charge in [0.25, 0.3) is 0 Å². The Morgan fingerprint density at radius 2 is 2.13 bits per heavy atom. The number of aryl methyl sites for hydroxylation is 1. The highest BCUT2D eigenvalue weighted by molar-refractivity contribution is 5.99. The summed E-state index contributed by atoms with van der Waals surface area (Å²) in [4.78, 5) is 11.9. The third-order valence-electron chi connectivity index (χ3n) is 2.41. The van der Waals surface area contributed by atoms with E-state index in [2.05, 4.69) is 6.92 Å². The monoisotopic (exact) mass is 206 g/mol. The van der Waals surface area contributed by atoms with Crippen LogP contribution in [-0.2, 0) is 11.2 Å². The first-order valence-electron chi connectivity index (χ1n) is 5.43. The van der Waals surface area contributed by atoms with Crippen molar-refractivity contribution in [2.45, 2.75) is 33.3 Å². The van der Waals surface area contributed by atoms with E-state index >= 15 is 0 Å². The van der Waals surface area contributed by atoms with Crippen LogP contribution in [0, 0.1) is 0 Å². The largest absolute Gasteiger partial charge is 0.371 e. The van der Waals surface area contributed by atoms with Gasteiger partial charge in [-0.25, -0.2) is 0 Å². The molecule has 0 N–H and O–H groups in total. The molecule has 1 atom stereocenters. The topological polar surface area (TPSA) is 26.3 Å². The molecule has 2 heteroatoms. The number of benzene rings is 1. The Labute approximate surface area is 91.3 Å². The Morgan fingerprint density at radius 3 is 2.73 bits per heavy atom. The lowest BCUT2D eigenvalue weighted by Gasteiger charge is -2.10. The van der Waals surface area contributed by atoms with Crippen LogP contribution in [-0.4, -0.2) is 18.5 Å². The highest BCUT2D eigenvalue weighted by Crippen LogP contribution is 2.10. The molecule has 15 heavy (non-hydrogen) atoms. The molecule has 0 spiro atoms. The van der Waals surface area contributed by atoms with Gasteiger partial charge in [-0.05, 0) is 31.9 Å². The smallest absolute Gasteiger partial charge is 0.191 e. The van der Waals surface area contributed by atoms with E-state index in [0.29, 0.717) is 6.61 Å².